The topological polar surface area (TPSA) is 68.5 Å². The van der Waals surface area contributed by atoms with E-state index in [1.165, 1.54) is 30.2 Å². The van der Waals surface area contributed by atoms with E-state index in [1.54, 1.807) is 4.68 Å². The molecule has 1 N–H and O–H groups in total. The zero-order chi connectivity index (χ0) is 13.2. The number of hydrogen-bond acceptors (Lipinski definition) is 6. The third kappa shape index (κ3) is 3.10. The van der Waals surface area contributed by atoms with Gasteiger partial charge in [0.1, 0.15) is 5.03 Å². The van der Waals surface area contributed by atoms with Crippen LogP contribution in [0.3, 0.4) is 0 Å². The van der Waals surface area contributed by atoms with Crippen molar-refractivity contribution in [2.45, 2.75) is 42.5 Å². The van der Waals surface area contributed by atoms with E-state index in [0.717, 1.165) is 28.3 Å². The molecule has 0 atom stereocenters. The van der Waals surface area contributed by atoms with Gasteiger partial charge in [0, 0.05) is 25.8 Å². The normalized spacial score (nSPS) is 14.8. The smallest absolute Gasteiger partial charge is 0.215 e. The van der Waals surface area contributed by atoms with Crippen LogP contribution in [0.4, 0.5) is 0 Å². The van der Waals surface area contributed by atoms with Crippen molar-refractivity contribution >= 4 is 11.8 Å². The SMILES string of the molecule is Cc1cc(CNC2CC2)cnc1Sc1nnnn1C. The van der Waals surface area contributed by atoms with Crippen molar-refractivity contribution in [3.63, 3.8) is 0 Å². The Morgan fingerprint density at radius 2 is 2.32 bits per heavy atom. The fraction of sp³-hybridized carbons (Fsp3) is 0.500. The number of rotatable bonds is 5. The van der Waals surface area contributed by atoms with Gasteiger partial charge in [0.15, 0.2) is 0 Å². The number of tetrazole rings is 1. The van der Waals surface area contributed by atoms with Crippen LogP contribution in [0.15, 0.2) is 22.4 Å². The van der Waals surface area contributed by atoms with E-state index in [1.807, 2.05) is 13.2 Å². The summed E-state index contributed by atoms with van der Waals surface area (Å²) < 4.78 is 1.65. The standard InChI is InChI=1S/C12H16N6S/c1-8-5-9(6-13-10-3-4-10)7-14-11(8)19-12-15-16-17-18(12)2/h5,7,10,13H,3-4,6H2,1-2H3. The number of nitrogens with zero attached hydrogens (tertiary/aromatic N) is 5. The zero-order valence-corrected chi connectivity index (χ0v) is 11.8. The van der Waals surface area contributed by atoms with Crippen LogP contribution in [0.2, 0.25) is 0 Å². The Labute approximate surface area is 116 Å². The molecule has 0 radical (unpaired) electrons. The Bertz CT molecular complexity index is 577. The first kappa shape index (κ1) is 12.6. The molecule has 0 spiro atoms. The van der Waals surface area contributed by atoms with Gasteiger partial charge in [0.25, 0.3) is 0 Å². The number of aromatic nitrogens is 5. The molecule has 6 nitrogen and oxygen atoms in total. The summed E-state index contributed by atoms with van der Waals surface area (Å²) in [6.07, 6.45) is 4.54. The summed E-state index contributed by atoms with van der Waals surface area (Å²) in [5.74, 6) is 0. The Morgan fingerprint density at radius 1 is 1.47 bits per heavy atom. The molecule has 0 aliphatic heterocycles. The summed E-state index contributed by atoms with van der Waals surface area (Å²) in [4.78, 5) is 4.51. The van der Waals surface area contributed by atoms with Crippen LogP contribution >= 0.6 is 11.8 Å². The van der Waals surface area contributed by atoms with Gasteiger partial charge >= 0.3 is 0 Å². The monoisotopic (exact) mass is 276 g/mol. The quantitative estimate of drug-likeness (QED) is 0.888. The summed E-state index contributed by atoms with van der Waals surface area (Å²) in [6, 6.07) is 2.90. The lowest BCUT2D eigenvalue weighted by atomic mass is 10.2. The molecule has 0 saturated heterocycles. The van der Waals surface area contributed by atoms with Gasteiger partial charge in [0.05, 0.1) is 0 Å². The molecule has 3 rings (SSSR count). The minimum absolute atomic E-state index is 0.721. The second-order valence-electron chi connectivity index (χ2n) is 4.81. The van der Waals surface area contributed by atoms with Crippen LogP contribution < -0.4 is 5.32 Å². The van der Waals surface area contributed by atoms with E-state index in [9.17, 15) is 0 Å². The lowest BCUT2D eigenvalue weighted by Crippen LogP contribution is -2.15. The van der Waals surface area contributed by atoms with Crippen molar-refractivity contribution in [2.75, 3.05) is 0 Å². The van der Waals surface area contributed by atoms with Gasteiger partial charge in [-0.15, -0.1) is 5.10 Å². The number of hydrogen-bond donors (Lipinski definition) is 1. The Kier molecular flexibility index (Phi) is 3.48. The van der Waals surface area contributed by atoms with Crippen molar-refractivity contribution in [3.8, 4) is 0 Å². The van der Waals surface area contributed by atoms with Crippen molar-refractivity contribution in [2.24, 2.45) is 7.05 Å². The molecule has 0 unspecified atom stereocenters. The average molecular weight is 276 g/mol. The van der Waals surface area contributed by atoms with E-state index in [-0.39, 0.29) is 0 Å². The largest absolute Gasteiger partial charge is 0.310 e. The van der Waals surface area contributed by atoms with Gasteiger partial charge in [-0.2, -0.15) is 0 Å². The molecule has 100 valence electrons. The molecule has 2 aromatic heterocycles. The van der Waals surface area contributed by atoms with Crippen LogP contribution in [0, 0.1) is 6.92 Å². The molecule has 0 amide bonds. The van der Waals surface area contributed by atoms with Crippen LogP contribution in [-0.4, -0.2) is 31.2 Å². The minimum Gasteiger partial charge on any atom is -0.310 e. The molecule has 1 saturated carbocycles. The first-order valence-corrected chi connectivity index (χ1v) is 7.13. The van der Waals surface area contributed by atoms with Crippen LogP contribution in [0.5, 0.6) is 0 Å². The fourth-order valence-electron chi connectivity index (χ4n) is 1.77. The van der Waals surface area contributed by atoms with Gasteiger partial charge in [-0.05, 0) is 53.1 Å². The maximum absolute atomic E-state index is 4.51. The Balaban J connectivity index is 1.70. The van der Waals surface area contributed by atoms with Gasteiger partial charge in [-0.3, -0.25) is 0 Å². The molecule has 1 aliphatic carbocycles. The predicted octanol–water partition coefficient (Wildman–Crippen LogP) is 1.32. The Hall–Kier alpha value is -1.47. The van der Waals surface area contributed by atoms with Gasteiger partial charge in [0.2, 0.25) is 5.16 Å². The predicted molar refractivity (Wildman–Crippen MR) is 71.8 cm³/mol. The molecule has 7 heteroatoms. The molecule has 0 aromatic carbocycles. The highest BCUT2D eigenvalue weighted by Gasteiger charge is 2.20. The first-order chi connectivity index (χ1) is 9.22. The number of nitrogens with one attached hydrogen (secondary N) is 1. The molecular weight excluding hydrogens is 260 g/mol. The fourth-order valence-corrected chi connectivity index (χ4v) is 2.51. The number of pyridine rings is 1. The lowest BCUT2D eigenvalue weighted by molar-refractivity contribution is 0.664. The van der Waals surface area contributed by atoms with Crippen molar-refractivity contribution in [1.29, 1.82) is 0 Å². The van der Waals surface area contributed by atoms with E-state index in [4.69, 9.17) is 0 Å². The van der Waals surface area contributed by atoms with E-state index in [2.05, 4.69) is 38.8 Å². The van der Waals surface area contributed by atoms with Crippen LogP contribution in [0.1, 0.15) is 24.0 Å². The van der Waals surface area contributed by atoms with E-state index >= 15 is 0 Å². The highest BCUT2D eigenvalue weighted by atomic mass is 32.2. The summed E-state index contributed by atoms with van der Waals surface area (Å²) in [5.41, 5.74) is 2.38. The summed E-state index contributed by atoms with van der Waals surface area (Å²) in [5, 5.41) is 16.6. The molecular formula is C12H16N6S. The van der Waals surface area contributed by atoms with Crippen LogP contribution in [-0.2, 0) is 13.6 Å². The maximum atomic E-state index is 4.51. The molecule has 2 aromatic rings. The lowest BCUT2D eigenvalue weighted by Gasteiger charge is -2.07. The molecule has 0 bridgehead atoms. The van der Waals surface area contributed by atoms with Crippen LogP contribution in [0.25, 0.3) is 0 Å². The average Bonchev–Trinajstić information content (AvgIpc) is 3.14. The molecule has 1 aliphatic rings. The molecule has 1 fully saturated rings. The van der Waals surface area contributed by atoms with Gasteiger partial charge in [-0.25, -0.2) is 9.67 Å². The number of aryl methyl sites for hydroxylation is 2. The second kappa shape index (κ2) is 5.26. The summed E-state index contributed by atoms with van der Waals surface area (Å²) in [6.45, 7) is 2.97. The summed E-state index contributed by atoms with van der Waals surface area (Å²) >= 11 is 1.49. The maximum Gasteiger partial charge on any atom is 0.215 e. The van der Waals surface area contributed by atoms with Crippen molar-refractivity contribution in [1.82, 2.24) is 30.5 Å². The highest BCUT2D eigenvalue weighted by Crippen LogP contribution is 2.26. The highest BCUT2D eigenvalue weighted by molar-refractivity contribution is 7.99. The molecule has 2 heterocycles. The third-order valence-electron chi connectivity index (χ3n) is 3.03. The van der Waals surface area contributed by atoms with Crippen molar-refractivity contribution in [3.05, 3.63) is 23.4 Å². The second-order valence-corrected chi connectivity index (χ2v) is 5.76. The Morgan fingerprint density at radius 3 is 2.95 bits per heavy atom. The van der Waals surface area contributed by atoms with Gasteiger partial charge < -0.3 is 5.32 Å². The summed E-state index contributed by atoms with van der Waals surface area (Å²) in [7, 11) is 1.82. The first-order valence-electron chi connectivity index (χ1n) is 6.31. The van der Waals surface area contributed by atoms with E-state index in [0.29, 0.717) is 0 Å². The van der Waals surface area contributed by atoms with E-state index < -0.39 is 0 Å². The zero-order valence-electron chi connectivity index (χ0n) is 11.0. The minimum atomic E-state index is 0.721. The third-order valence-corrected chi connectivity index (χ3v) is 4.18. The molecule has 19 heavy (non-hydrogen) atoms. The van der Waals surface area contributed by atoms with Gasteiger partial charge in [-0.1, -0.05) is 6.07 Å². The van der Waals surface area contributed by atoms with Crippen molar-refractivity contribution < 1.29 is 0 Å².